The van der Waals surface area contributed by atoms with Gasteiger partial charge in [-0.15, -0.1) is 10.2 Å². The number of halogens is 3. The monoisotopic (exact) mass is 391 g/mol. The van der Waals surface area contributed by atoms with Crippen molar-refractivity contribution in [2.75, 3.05) is 11.1 Å². The molecule has 0 aliphatic heterocycles. The van der Waals surface area contributed by atoms with Crippen molar-refractivity contribution in [3.8, 4) is 11.3 Å². The van der Waals surface area contributed by atoms with Gasteiger partial charge in [-0.05, 0) is 54.6 Å². The summed E-state index contributed by atoms with van der Waals surface area (Å²) >= 11 is 6.79. The van der Waals surface area contributed by atoms with Crippen molar-refractivity contribution in [2.45, 2.75) is 5.03 Å². The van der Waals surface area contributed by atoms with Crippen molar-refractivity contribution < 1.29 is 13.6 Å². The zero-order valence-electron chi connectivity index (χ0n) is 13.2. The van der Waals surface area contributed by atoms with E-state index in [1.807, 2.05) is 0 Å². The second-order valence-electron chi connectivity index (χ2n) is 5.23. The first kappa shape index (κ1) is 18.3. The molecule has 1 N–H and O–H groups in total. The summed E-state index contributed by atoms with van der Waals surface area (Å²) in [6.07, 6.45) is 0. The van der Waals surface area contributed by atoms with E-state index in [0.717, 1.165) is 11.6 Å². The minimum atomic E-state index is -0.598. The van der Waals surface area contributed by atoms with Crippen LogP contribution in [-0.2, 0) is 4.79 Å². The van der Waals surface area contributed by atoms with Crippen LogP contribution in [0, 0.1) is 11.6 Å². The third-order valence-corrected chi connectivity index (χ3v) is 4.56. The van der Waals surface area contributed by atoms with Crippen LogP contribution in [0.5, 0.6) is 0 Å². The summed E-state index contributed by atoms with van der Waals surface area (Å²) in [5, 5.41) is 11.3. The lowest BCUT2D eigenvalue weighted by molar-refractivity contribution is -0.113. The highest BCUT2D eigenvalue weighted by Gasteiger charge is 2.08. The number of benzene rings is 2. The number of hydrogen-bond donors (Lipinski definition) is 1. The molecule has 0 atom stereocenters. The average molecular weight is 392 g/mol. The van der Waals surface area contributed by atoms with Crippen LogP contribution in [0.3, 0.4) is 0 Å². The van der Waals surface area contributed by atoms with E-state index in [1.165, 1.54) is 36.0 Å². The Hall–Kier alpha value is -2.51. The van der Waals surface area contributed by atoms with Gasteiger partial charge in [-0.25, -0.2) is 8.78 Å². The van der Waals surface area contributed by atoms with Crippen molar-refractivity contribution in [1.82, 2.24) is 10.2 Å². The van der Waals surface area contributed by atoms with Crippen LogP contribution in [0.4, 0.5) is 14.5 Å². The Morgan fingerprint density at radius 3 is 2.46 bits per heavy atom. The third kappa shape index (κ3) is 4.77. The van der Waals surface area contributed by atoms with Crippen LogP contribution in [0.15, 0.2) is 59.6 Å². The molecule has 0 unspecified atom stereocenters. The second kappa shape index (κ2) is 8.25. The molecule has 0 saturated carbocycles. The van der Waals surface area contributed by atoms with Gasteiger partial charge in [0.15, 0.2) is 0 Å². The highest BCUT2D eigenvalue weighted by Crippen LogP contribution is 2.21. The number of carbonyl (C=O) groups is 1. The molecule has 8 heteroatoms. The number of hydrogen-bond acceptors (Lipinski definition) is 4. The van der Waals surface area contributed by atoms with Gasteiger partial charge in [0.05, 0.1) is 16.5 Å². The third-order valence-electron chi connectivity index (χ3n) is 3.33. The predicted molar refractivity (Wildman–Crippen MR) is 98.2 cm³/mol. The number of nitrogens with one attached hydrogen (secondary N) is 1. The van der Waals surface area contributed by atoms with Gasteiger partial charge < -0.3 is 5.32 Å². The lowest BCUT2D eigenvalue weighted by atomic mass is 10.1. The predicted octanol–water partition coefficient (Wildman–Crippen LogP) is 4.81. The smallest absolute Gasteiger partial charge is 0.234 e. The summed E-state index contributed by atoms with van der Waals surface area (Å²) in [6.45, 7) is 0. The van der Waals surface area contributed by atoms with Gasteiger partial charge in [0.1, 0.15) is 16.7 Å². The number of aromatic nitrogens is 2. The van der Waals surface area contributed by atoms with E-state index >= 15 is 0 Å². The van der Waals surface area contributed by atoms with Gasteiger partial charge in [-0.2, -0.15) is 0 Å². The first-order valence-electron chi connectivity index (χ1n) is 7.48. The van der Waals surface area contributed by atoms with Crippen LogP contribution in [0.2, 0.25) is 5.02 Å². The molecule has 4 nitrogen and oxygen atoms in total. The normalized spacial score (nSPS) is 10.6. The number of nitrogens with zero attached hydrogens (tertiary/aromatic N) is 2. The van der Waals surface area contributed by atoms with Gasteiger partial charge in [-0.1, -0.05) is 23.4 Å². The highest BCUT2D eigenvalue weighted by atomic mass is 35.5. The number of anilines is 1. The van der Waals surface area contributed by atoms with E-state index in [4.69, 9.17) is 11.6 Å². The molecule has 0 aliphatic rings. The van der Waals surface area contributed by atoms with Gasteiger partial charge in [0.25, 0.3) is 0 Å². The molecule has 1 amide bonds. The number of amides is 1. The molecular formula is C18H12ClF2N3OS. The minimum Gasteiger partial charge on any atom is -0.325 e. The van der Waals surface area contributed by atoms with E-state index in [2.05, 4.69) is 15.5 Å². The van der Waals surface area contributed by atoms with Crippen LogP contribution < -0.4 is 5.32 Å². The number of carbonyl (C=O) groups excluding carboxylic acids is 1. The molecule has 132 valence electrons. The molecular weight excluding hydrogens is 380 g/mol. The molecule has 1 heterocycles. The largest absolute Gasteiger partial charge is 0.325 e. The maximum atomic E-state index is 13.4. The molecule has 0 saturated heterocycles. The van der Waals surface area contributed by atoms with Gasteiger partial charge in [-0.3, -0.25) is 4.79 Å². The van der Waals surface area contributed by atoms with Crippen molar-refractivity contribution in [3.63, 3.8) is 0 Å². The Labute approximate surface area is 157 Å². The summed E-state index contributed by atoms with van der Waals surface area (Å²) in [5.74, 6) is -1.13. The summed E-state index contributed by atoms with van der Waals surface area (Å²) in [4.78, 5) is 11.9. The van der Waals surface area contributed by atoms with Gasteiger partial charge in [0.2, 0.25) is 5.91 Å². The van der Waals surface area contributed by atoms with Crippen molar-refractivity contribution in [1.29, 1.82) is 0 Å². The molecule has 26 heavy (non-hydrogen) atoms. The maximum absolute atomic E-state index is 13.4. The summed E-state index contributed by atoms with van der Waals surface area (Å²) in [6, 6.07) is 13.5. The molecule has 3 rings (SSSR count). The summed E-state index contributed by atoms with van der Waals surface area (Å²) in [7, 11) is 0. The average Bonchev–Trinajstić information content (AvgIpc) is 2.64. The zero-order chi connectivity index (χ0) is 18.5. The van der Waals surface area contributed by atoms with Gasteiger partial charge in [0, 0.05) is 11.3 Å². The number of rotatable bonds is 5. The zero-order valence-corrected chi connectivity index (χ0v) is 14.8. The van der Waals surface area contributed by atoms with E-state index in [0.29, 0.717) is 16.4 Å². The van der Waals surface area contributed by atoms with E-state index in [1.54, 1.807) is 24.3 Å². The lowest BCUT2D eigenvalue weighted by Crippen LogP contribution is -2.14. The first-order valence-corrected chi connectivity index (χ1v) is 8.85. The topological polar surface area (TPSA) is 54.9 Å². The van der Waals surface area contributed by atoms with E-state index in [-0.39, 0.29) is 22.5 Å². The highest BCUT2D eigenvalue weighted by molar-refractivity contribution is 7.99. The van der Waals surface area contributed by atoms with Crippen molar-refractivity contribution in [3.05, 3.63) is 71.3 Å². The molecule has 2 aromatic carbocycles. The van der Waals surface area contributed by atoms with E-state index < -0.39 is 5.82 Å². The quantitative estimate of drug-likeness (QED) is 0.634. The molecule has 0 fully saturated rings. The van der Waals surface area contributed by atoms with Crippen LogP contribution in [0.25, 0.3) is 11.3 Å². The number of thioether (sulfide) groups is 1. The van der Waals surface area contributed by atoms with Crippen LogP contribution >= 0.6 is 23.4 Å². The molecule has 0 radical (unpaired) electrons. The van der Waals surface area contributed by atoms with Crippen molar-refractivity contribution >= 4 is 35.0 Å². The molecule has 1 aromatic heterocycles. The Morgan fingerprint density at radius 2 is 1.81 bits per heavy atom. The van der Waals surface area contributed by atoms with E-state index in [9.17, 15) is 13.6 Å². The molecule has 0 spiro atoms. The fourth-order valence-electron chi connectivity index (χ4n) is 2.08. The fourth-order valence-corrected chi connectivity index (χ4v) is 2.81. The summed E-state index contributed by atoms with van der Waals surface area (Å²) < 4.78 is 26.3. The molecule has 0 bridgehead atoms. The minimum absolute atomic E-state index is 0.00565. The van der Waals surface area contributed by atoms with Crippen molar-refractivity contribution in [2.24, 2.45) is 0 Å². The fraction of sp³-hybridized carbons (Fsp3) is 0.0556. The molecule has 3 aromatic rings. The molecule has 0 aliphatic carbocycles. The van der Waals surface area contributed by atoms with Gasteiger partial charge >= 0.3 is 0 Å². The Kier molecular flexibility index (Phi) is 5.80. The van der Waals surface area contributed by atoms with Crippen LogP contribution in [-0.4, -0.2) is 21.9 Å². The second-order valence-corrected chi connectivity index (χ2v) is 6.63. The SMILES string of the molecule is O=C(CSc1ccc(-c2ccc(F)cc2)nn1)Nc1ccc(Cl)c(F)c1. The Morgan fingerprint density at radius 1 is 1.04 bits per heavy atom. The lowest BCUT2D eigenvalue weighted by Gasteiger charge is -2.06. The standard InChI is InChI=1S/C18H12ClF2N3OS/c19-14-6-5-13(9-15(14)21)22-17(25)10-26-18-8-7-16(23-24-18)11-1-3-12(20)4-2-11/h1-9H,10H2,(H,22,25). The first-order chi connectivity index (χ1) is 12.5. The Balaban J connectivity index is 1.56. The summed E-state index contributed by atoms with van der Waals surface area (Å²) in [5.41, 5.74) is 1.68. The Bertz CT molecular complexity index is 921. The van der Waals surface area contributed by atoms with Crippen LogP contribution in [0.1, 0.15) is 0 Å². The maximum Gasteiger partial charge on any atom is 0.234 e.